The van der Waals surface area contributed by atoms with E-state index in [1.807, 2.05) is 34.9 Å². The number of carboxylic acids is 1. The van der Waals surface area contributed by atoms with Crippen LogP contribution in [-0.4, -0.2) is 60.7 Å². The number of aliphatic carboxylic acids is 1. The lowest BCUT2D eigenvalue weighted by Gasteiger charge is -2.33. The number of benzene rings is 2. The van der Waals surface area contributed by atoms with Crippen molar-refractivity contribution in [1.82, 2.24) is 24.0 Å². The third-order valence-electron chi connectivity index (χ3n) is 6.63. The van der Waals surface area contributed by atoms with Crippen LogP contribution in [0.1, 0.15) is 25.3 Å². The SMILES string of the molecule is O=C(O)/C=C\C(=O)Oc1nc2cc(Cl)ccc2n1C1CCN(CCCn2c(=O)[nH]c3ccccc32)CC1. The second-order valence-corrected chi connectivity index (χ2v) is 9.45. The summed E-state index contributed by atoms with van der Waals surface area (Å²) >= 11 is 6.14. The number of carbonyl (C=O) groups is 2. The lowest BCUT2D eigenvalue weighted by molar-refractivity contribution is -0.133. The highest BCUT2D eigenvalue weighted by Gasteiger charge is 2.26. The Bertz CT molecular complexity index is 1540. The molecule has 10 nitrogen and oxygen atoms in total. The average Bonchev–Trinajstić information content (AvgIpc) is 3.39. The van der Waals surface area contributed by atoms with E-state index in [-0.39, 0.29) is 17.7 Å². The summed E-state index contributed by atoms with van der Waals surface area (Å²) in [5.74, 6) is -2.05. The van der Waals surface area contributed by atoms with Crippen LogP contribution in [-0.2, 0) is 16.1 Å². The Hall–Kier alpha value is -3.89. The van der Waals surface area contributed by atoms with Crippen molar-refractivity contribution in [3.05, 3.63) is 70.1 Å². The number of hydrogen-bond acceptors (Lipinski definition) is 6. The number of carboxylic acid groups (broad SMARTS) is 1. The Balaban J connectivity index is 1.25. The summed E-state index contributed by atoms with van der Waals surface area (Å²) in [6, 6.07) is 13.2. The molecule has 1 aliphatic heterocycles. The topological polar surface area (TPSA) is 122 Å². The number of likely N-dealkylation sites (tertiary alicyclic amines) is 1. The predicted octanol–water partition coefficient (Wildman–Crippen LogP) is 3.61. The van der Waals surface area contributed by atoms with Crippen molar-refractivity contribution in [2.45, 2.75) is 31.8 Å². The second kappa shape index (κ2) is 10.6. The minimum Gasteiger partial charge on any atom is -0.478 e. The number of fused-ring (bicyclic) bond motifs is 2. The number of aromatic amines is 1. The van der Waals surface area contributed by atoms with E-state index in [2.05, 4.69) is 14.9 Å². The third-order valence-corrected chi connectivity index (χ3v) is 6.87. The van der Waals surface area contributed by atoms with Crippen molar-refractivity contribution >= 4 is 45.6 Å². The molecule has 0 aliphatic carbocycles. The monoisotopic (exact) mass is 523 g/mol. The number of ether oxygens (including phenoxy) is 1. The highest BCUT2D eigenvalue weighted by Crippen LogP contribution is 2.33. The molecule has 1 fully saturated rings. The van der Waals surface area contributed by atoms with Crippen molar-refractivity contribution in [2.75, 3.05) is 19.6 Å². The van der Waals surface area contributed by atoms with Crippen LogP contribution < -0.4 is 10.4 Å². The zero-order valence-electron chi connectivity index (χ0n) is 20.0. The number of esters is 1. The highest BCUT2D eigenvalue weighted by atomic mass is 35.5. The molecule has 2 N–H and O–H groups in total. The molecule has 0 radical (unpaired) electrons. The van der Waals surface area contributed by atoms with Crippen molar-refractivity contribution in [2.24, 2.45) is 0 Å². The summed E-state index contributed by atoms with van der Waals surface area (Å²) < 4.78 is 9.11. The first-order valence-corrected chi connectivity index (χ1v) is 12.5. The molecule has 2 aromatic heterocycles. The van der Waals surface area contributed by atoms with Crippen LogP contribution >= 0.6 is 11.6 Å². The summed E-state index contributed by atoms with van der Waals surface area (Å²) in [5.41, 5.74) is 3.07. The first-order valence-electron chi connectivity index (χ1n) is 12.1. The molecule has 0 spiro atoms. The normalized spacial score (nSPS) is 15.2. The molecule has 0 amide bonds. The number of imidazole rings is 2. The zero-order valence-corrected chi connectivity index (χ0v) is 20.7. The van der Waals surface area contributed by atoms with Gasteiger partial charge in [-0.3, -0.25) is 9.13 Å². The van der Waals surface area contributed by atoms with Crippen molar-refractivity contribution in [1.29, 1.82) is 0 Å². The molecular weight excluding hydrogens is 498 g/mol. The van der Waals surface area contributed by atoms with Crippen molar-refractivity contribution < 1.29 is 19.4 Å². The Morgan fingerprint density at radius 1 is 1.11 bits per heavy atom. The Morgan fingerprint density at radius 3 is 2.68 bits per heavy atom. The molecule has 2 aromatic carbocycles. The molecule has 37 heavy (non-hydrogen) atoms. The first-order chi connectivity index (χ1) is 17.9. The number of carbonyl (C=O) groups excluding carboxylic acids is 1. The fraction of sp³-hybridized carbons (Fsp3) is 0.308. The quantitative estimate of drug-likeness (QED) is 0.267. The largest absolute Gasteiger partial charge is 0.478 e. The zero-order chi connectivity index (χ0) is 25.9. The fourth-order valence-electron chi connectivity index (χ4n) is 4.92. The molecule has 0 atom stereocenters. The van der Waals surface area contributed by atoms with Crippen LogP contribution in [0.4, 0.5) is 0 Å². The van der Waals surface area contributed by atoms with Gasteiger partial charge in [-0.2, -0.15) is 4.98 Å². The van der Waals surface area contributed by atoms with Gasteiger partial charge in [-0.25, -0.2) is 14.4 Å². The van der Waals surface area contributed by atoms with E-state index in [4.69, 9.17) is 21.4 Å². The average molecular weight is 524 g/mol. The van der Waals surface area contributed by atoms with Gasteiger partial charge in [0.05, 0.1) is 22.1 Å². The van der Waals surface area contributed by atoms with E-state index < -0.39 is 11.9 Å². The molecule has 5 rings (SSSR count). The van der Waals surface area contributed by atoms with Crippen LogP contribution in [0.3, 0.4) is 0 Å². The molecule has 11 heteroatoms. The minimum atomic E-state index is -1.24. The molecule has 192 valence electrons. The van der Waals surface area contributed by atoms with Crippen LogP contribution in [0.5, 0.6) is 6.01 Å². The van der Waals surface area contributed by atoms with Crippen molar-refractivity contribution in [3.8, 4) is 6.01 Å². The van der Waals surface area contributed by atoms with E-state index in [0.717, 1.165) is 67.6 Å². The lowest BCUT2D eigenvalue weighted by atomic mass is 10.0. The van der Waals surface area contributed by atoms with Crippen LogP contribution in [0, 0.1) is 0 Å². The predicted molar refractivity (Wildman–Crippen MR) is 139 cm³/mol. The van der Waals surface area contributed by atoms with E-state index in [9.17, 15) is 14.4 Å². The number of hydrogen-bond donors (Lipinski definition) is 2. The van der Waals surface area contributed by atoms with E-state index >= 15 is 0 Å². The summed E-state index contributed by atoms with van der Waals surface area (Å²) in [6.45, 7) is 3.18. The molecule has 0 bridgehead atoms. The third kappa shape index (κ3) is 5.45. The second-order valence-electron chi connectivity index (χ2n) is 9.02. The van der Waals surface area contributed by atoms with Crippen LogP contribution in [0.15, 0.2) is 59.4 Å². The number of H-pyrrole nitrogens is 1. The molecule has 0 unspecified atom stereocenters. The molecule has 4 aromatic rings. The summed E-state index contributed by atoms with van der Waals surface area (Å²) in [7, 11) is 0. The number of aromatic nitrogens is 4. The summed E-state index contributed by atoms with van der Waals surface area (Å²) in [4.78, 5) is 45.0. The smallest absolute Gasteiger partial charge is 0.338 e. The maximum absolute atomic E-state index is 12.3. The molecular formula is C26H26ClN5O5. The summed E-state index contributed by atoms with van der Waals surface area (Å²) in [6.07, 6.45) is 4.07. The minimum absolute atomic E-state index is 0.0462. The number of piperidine rings is 1. The van der Waals surface area contributed by atoms with Gasteiger partial charge >= 0.3 is 23.6 Å². The number of para-hydroxylation sites is 2. The van der Waals surface area contributed by atoms with Gasteiger partial charge in [0, 0.05) is 42.9 Å². The maximum atomic E-state index is 12.3. The molecule has 1 saturated heterocycles. The Labute approximate surface area is 216 Å². The van der Waals surface area contributed by atoms with Gasteiger partial charge in [0.2, 0.25) is 0 Å². The number of rotatable bonds is 8. The molecule has 0 saturated carbocycles. The maximum Gasteiger partial charge on any atom is 0.338 e. The summed E-state index contributed by atoms with van der Waals surface area (Å²) in [5, 5.41) is 9.30. The van der Waals surface area contributed by atoms with Gasteiger partial charge in [-0.15, -0.1) is 0 Å². The van der Waals surface area contributed by atoms with Crippen LogP contribution in [0.25, 0.3) is 22.1 Å². The number of nitrogens with zero attached hydrogens (tertiary/aromatic N) is 4. The van der Waals surface area contributed by atoms with E-state index in [1.165, 1.54) is 0 Å². The molecule has 1 aliphatic rings. The number of halogens is 1. The first kappa shape index (κ1) is 24.8. The van der Waals surface area contributed by atoms with Gasteiger partial charge in [0.15, 0.2) is 0 Å². The Morgan fingerprint density at radius 2 is 1.89 bits per heavy atom. The number of nitrogens with one attached hydrogen (secondary N) is 1. The van der Waals surface area contributed by atoms with Gasteiger partial charge in [0.25, 0.3) is 0 Å². The Kier molecular flexibility index (Phi) is 7.11. The van der Waals surface area contributed by atoms with Gasteiger partial charge in [0.1, 0.15) is 0 Å². The van der Waals surface area contributed by atoms with Crippen LogP contribution in [0.2, 0.25) is 5.02 Å². The lowest BCUT2D eigenvalue weighted by Crippen LogP contribution is -2.36. The van der Waals surface area contributed by atoms with Gasteiger partial charge in [-0.1, -0.05) is 23.7 Å². The van der Waals surface area contributed by atoms with E-state index in [1.54, 1.807) is 16.7 Å². The van der Waals surface area contributed by atoms with Gasteiger partial charge < -0.3 is 19.7 Å². The standard InChI is InChI=1S/C26H26ClN5O5/c27-17-6-7-22-20(16-17)29-26(37-24(35)9-8-23(33)34)32(22)18-10-14-30(15-11-18)12-3-13-31-21-5-2-1-4-19(21)28-25(31)36/h1-2,4-9,16,18H,3,10-15H2,(H,28,36)(H,33,34)/b9-8-. The number of aryl methyl sites for hydroxylation is 1. The fourth-order valence-corrected chi connectivity index (χ4v) is 5.09. The molecule has 3 heterocycles. The van der Waals surface area contributed by atoms with Crippen molar-refractivity contribution in [3.63, 3.8) is 0 Å². The highest BCUT2D eigenvalue weighted by molar-refractivity contribution is 6.31. The van der Waals surface area contributed by atoms with E-state index in [0.29, 0.717) is 17.1 Å². The van der Waals surface area contributed by atoms with Gasteiger partial charge in [-0.05, 0) is 56.1 Å².